The molecule has 150 valence electrons. The van der Waals surface area contributed by atoms with Crippen molar-refractivity contribution < 1.29 is 9.53 Å². The van der Waals surface area contributed by atoms with E-state index in [4.69, 9.17) is 4.74 Å². The van der Waals surface area contributed by atoms with Crippen molar-refractivity contribution in [3.05, 3.63) is 0 Å². The highest BCUT2D eigenvalue weighted by Crippen LogP contribution is 2.35. The van der Waals surface area contributed by atoms with Crippen molar-refractivity contribution in [2.45, 2.75) is 63.2 Å². The molecule has 2 saturated heterocycles. The van der Waals surface area contributed by atoms with Crippen LogP contribution in [0.4, 0.5) is 5.95 Å². The minimum atomic E-state index is 0.273. The van der Waals surface area contributed by atoms with Crippen LogP contribution in [0.1, 0.15) is 45.4 Å². The van der Waals surface area contributed by atoms with Crippen LogP contribution in [0.3, 0.4) is 0 Å². The van der Waals surface area contributed by atoms with Crippen LogP contribution >= 0.6 is 11.8 Å². The van der Waals surface area contributed by atoms with Crippen LogP contribution in [0, 0.1) is 5.92 Å². The first-order valence-electron chi connectivity index (χ1n) is 10.5. The summed E-state index contributed by atoms with van der Waals surface area (Å²) < 4.78 is 7.56. The Labute approximate surface area is 165 Å². The molecule has 1 amide bonds. The van der Waals surface area contributed by atoms with Gasteiger partial charge >= 0.3 is 0 Å². The monoisotopic (exact) mass is 393 g/mol. The third-order valence-electron chi connectivity index (χ3n) is 6.20. The maximum atomic E-state index is 13.0. The second-order valence-electron chi connectivity index (χ2n) is 7.76. The van der Waals surface area contributed by atoms with Crippen LogP contribution in [0.5, 0.6) is 0 Å². The fourth-order valence-corrected chi connectivity index (χ4v) is 5.69. The molecule has 7 nitrogen and oxygen atoms in total. The van der Waals surface area contributed by atoms with Gasteiger partial charge in [-0.1, -0.05) is 24.6 Å². The molecule has 27 heavy (non-hydrogen) atoms. The standard InChI is InChI=1S/C19H31N5O2S/c1-2-23-18(22-10-12-26-13-11-22)20-21-19(23)27-14-17(25)24-9-5-7-15-6-3-4-8-16(15)24/h15-16H,2-14H2,1H3. The molecular weight excluding hydrogens is 362 g/mol. The fourth-order valence-electron chi connectivity index (χ4n) is 4.81. The van der Waals surface area contributed by atoms with Gasteiger partial charge in [0.25, 0.3) is 0 Å². The molecule has 1 aliphatic carbocycles. The number of ether oxygens (including phenoxy) is 1. The topological polar surface area (TPSA) is 63.5 Å². The first kappa shape index (κ1) is 19.1. The number of rotatable bonds is 5. The Morgan fingerprint density at radius 3 is 2.70 bits per heavy atom. The van der Waals surface area contributed by atoms with Gasteiger partial charge in [0.05, 0.1) is 19.0 Å². The van der Waals surface area contributed by atoms with Crippen molar-refractivity contribution in [3.63, 3.8) is 0 Å². The Kier molecular flexibility index (Phi) is 6.22. The summed E-state index contributed by atoms with van der Waals surface area (Å²) >= 11 is 1.54. The van der Waals surface area contributed by atoms with Gasteiger partial charge in [-0.25, -0.2) is 0 Å². The SMILES string of the molecule is CCn1c(SCC(=O)N2CCCC3CCCCC32)nnc1N1CCOCC1. The average Bonchev–Trinajstić information content (AvgIpc) is 3.15. The predicted octanol–water partition coefficient (Wildman–Crippen LogP) is 2.41. The lowest BCUT2D eigenvalue weighted by molar-refractivity contribution is -0.134. The van der Waals surface area contributed by atoms with Gasteiger partial charge in [-0.05, 0) is 38.5 Å². The van der Waals surface area contributed by atoms with Gasteiger partial charge in [0.1, 0.15) is 0 Å². The molecule has 1 aromatic heterocycles. The highest BCUT2D eigenvalue weighted by molar-refractivity contribution is 7.99. The highest BCUT2D eigenvalue weighted by atomic mass is 32.2. The molecule has 4 rings (SSSR count). The summed E-state index contributed by atoms with van der Waals surface area (Å²) in [6, 6.07) is 0.480. The summed E-state index contributed by atoms with van der Waals surface area (Å²) in [5, 5.41) is 9.64. The molecule has 0 spiro atoms. The number of carbonyl (C=O) groups is 1. The number of likely N-dealkylation sites (tertiary alicyclic amines) is 1. The van der Waals surface area contributed by atoms with Crippen LogP contribution in [0.25, 0.3) is 0 Å². The molecule has 0 bridgehead atoms. The van der Waals surface area contributed by atoms with Crippen molar-refractivity contribution in [2.24, 2.45) is 5.92 Å². The van der Waals surface area contributed by atoms with Crippen LogP contribution < -0.4 is 4.90 Å². The molecule has 3 aliphatic rings. The first-order chi connectivity index (χ1) is 13.3. The molecule has 3 fully saturated rings. The summed E-state index contributed by atoms with van der Waals surface area (Å²) in [7, 11) is 0. The minimum absolute atomic E-state index is 0.273. The third-order valence-corrected chi connectivity index (χ3v) is 7.15. The molecule has 1 aromatic rings. The largest absolute Gasteiger partial charge is 0.378 e. The van der Waals surface area contributed by atoms with Crippen LogP contribution in [-0.4, -0.2) is 70.2 Å². The van der Waals surface area contributed by atoms with E-state index in [0.29, 0.717) is 11.8 Å². The van der Waals surface area contributed by atoms with Crippen molar-refractivity contribution >= 4 is 23.6 Å². The van der Waals surface area contributed by atoms with Gasteiger partial charge in [-0.15, -0.1) is 10.2 Å². The number of thioether (sulfide) groups is 1. The third kappa shape index (κ3) is 4.11. The van der Waals surface area contributed by atoms with E-state index in [9.17, 15) is 4.79 Å². The smallest absolute Gasteiger partial charge is 0.233 e. The lowest BCUT2D eigenvalue weighted by Crippen LogP contribution is -2.50. The number of aromatic nitrogens is 3. The number of carbonyl (C=O) groups excluding carboxylic acids is 1. The van der Waals surface area contributed by atoms with E-state index in [2.05, 4.69) is 31.5 Å². The van der Waals surface area contributed by atoms with E-state index >= 15 is 0 Å². The number of hydrogen-bond donors (Lipinski definition) is 0. The summed E-state index contributed by atoms with van der Waals surface area (Å²) in [6.07, 6.45) is 7.55. The van der Waals surface area contributed by atoms with E-state index in [-0.39, 0.29) is 5.91 Å². The van der Waals surface area contributed by atoms with Crippen molar-refractivity contribution in [2.75, 3.05) is 43.5 Å². The highest BCUT2D eigenvalue weighted by Gasteiger charge is 2.35. The Balaban J connectivity index is 1.39. The van der Waals surface area contributed by atoms with Crippen molar-refractivity contribution in [1.29, 1.82) is 0 Å². The molecule has 0 N–H and O–H groups in total. The molecule has 2 atom stereocenters. The quantitative estimate of drug-likeness (QED) is 0.716. The van der Waals surface area contributed by atoms with E-state index < -0.39 is 0 Å². The minimum Gasteiger partial charge on any atom is -0.378 e. The zero-order valence-electron chi connectivity index (χ0n) is 16.3. The predicted molar refractivity (Wildman–Crippen MR) is 106 cm³/mol. The number of nitrogens with zero attached hydrogens (tertiary/aromatic N) is 5. The number of hydrogen-bond acceptors (Lipinski definition) is 6. The number of anilines is 1. The van der Waals surface area contributed by atoms with E-state index in [0.717, 1.165) is 62.8 Å². The normalized spacial score (nSPS) is 26.1. The molecule has 8 heteroatoms. The summed E-state index contributed by atoms with van der Waals surface area (Å²) in [4.78, 5) is 17.4. The van der Waals surface area contributed by atoms with Crippen LogP contribution in [0.2, 0.25) is 0 Å². The summed E-state index contributed by atoms with van der Waals surface area (Å²) in [5.74, 6) is 2.37. The second kappa shape index (κ2) is 8.82. The van der Waals surface area contributed by atoms with Gasteiger partial charge in [0.15, 0.2) is 5.16 Å². The van der Waals surface area contributed by atoms with Gasteiger partial charge in [0, 0.05) is 32.2 Å². The Morgan fingerprint density at radius 2 is 1.89 bits per heavy atom. The average molecular weight is 394 g/mol. The molecule has 2 unspecified atom stereocenters. The maximum absolute atomic E-state index is 13.0. The Morgan fingerprint density at radius 1 is 1.11 bits per heavy atom. The van der Waals surface area contributed by atoms with Gasteiger partial charge in [0.2, 0.25) is 11.9 Å². The van der Waals surface area contributed by atoms with E-state index in [1.165, 1.54) is 43.9 Å². The lowest BCUT2D eigenvalue weighted by atomic mass is 9.78. The number of fused-ring (bicyclic) bond motifs is 1. The summed E-state index contributed by atoms with van der Waals surface area (Å²) in [5.41, 5.74) is 0. The Hall–Kier alpha value is -1.28. The molecular formula is C19H31N5O2S. The van der Waals surface area contributed by atoms with Gasteiger partial charge < -0.3 is 14.5 Å². The van der Waals surface area contributed by atoms with Crippen LogP contribution in [0.15, 0.2) is 5.16 Å². The number of piperidine rings is 1. The second-order valence-corrected chi connectivity index (χ2v) is 8.70. The zero-order valence-corrected chi connectivity index (χ0v) is 17.1. The zero-order chi connectivity index (χ0) is 18.6. The van der Waals surface area contributed by atoms with E-state index in [1.54, 1.807) is 0 Å². The molecule has 1 saturated carbocycles. The number of amides is 1. The fraction of sp³-hybridized carbons (Fsp3) is 0.842. The van der Waals surface area contributed by atoms with E-state index in [1.807, 2.05) is 0 Å². The van der Waals surface area contributed by atoms with Crippen molar-refractivity contribution in [1.82, 2.24) is 19.7 Å². The lowest BCUT2D eigenvalue weighted by Gasteiger charge is -2.44. The Bertz CT molecular complexity index is 644. The summed E-state index contributed by atoms with van der Waals surface area (Å²) in [6.45, 7) is 7.00. The van der Waals surface area contributed by atoms with Crippen LogP contribution in [-0.2, 0) is 16.1 Å². The molecule has 0 radical (unpaired) electrons. The maximum Gasteiger partial charge on any atom is 0.233 e. The molecule has 3 heterocycles. The van der Waals surface area contributed by atoms with Crippen molar-refractivity contribution in [3.8, 4) is 0 Å². The van der Waals surface area contributed by atoms with Gasteiger partial charge in [-0.2, -0.15) is 0 Å². The molecule has 2 aliphatic heterocycles. The molecule has 0 aromatic carbocycles. The van der Waals surface area contributed by atoms with Gasteiger partial charge in [-0.3, -0.25) is 9.36 Å². The number of morpholine rings is 1. The first-order valence-corrected chi connectivity index (χ1v) is 11.4.